The van der Waals surface area contributed by atoms with E-state index in [1.807, 2.05) is 43.3 Å². The monoisotopic (exact) mass is 180 g/mol. The van der Waals surface area contributed by atoms with Crippen molar-refractivity contribution in [2.24, 2.45) is 0 Å². The van der Waals surface area contributed by atoms with Crippen molar-refractivity contribution >= 4 is 6.47 Å². The van der Waals surface area contributed by atoms with Gasteiger partial charge in [-0.15, -0.1) is 0 Å². The fourth-order valence-corrected chi connectivity index (χ4v) is 0.661. The number of hydrogen-bond acceptors (Lipinski definition) is 2. The van der Waals surface area contributed by atoms with Gasteiger partial charge in [0, 0.05) is 0 Å². The van der Waals surface area contributed by atoms with E-state index in [9.17, 15) is 4.79 Å². The second kappa shape index (κ2) is 10.7. The Morgan fingerprint density at radius 1 is 1.08 bits per heavy atom. The summed E-state index contributed by atoms with van der Waals surface area (Å²) in [6, 6.07) is 12.0. The van der Waals surface area contributed by atoms with Crippen LogP contribution in [0.5, 0.6) is 0 Å². The van der Waals surface area contributed by atoms with Crippen LogP contribution in [0, 0.1) is 0 Å². The van der Waals surface area contributed by atoms with Crippen LogP contribution in [-0.2, 0) is 9.53 Å². The molecule has 0 aliphatic carbocycles. The van der Waals surface area contributed by atoms with E-state index in [1.165, 1.54) is 0 Å². The molecule has 0 unspecified atom stereocenters. The average molecular weight is 180 g/mol. The van der Waals surface area contributed by atoms with Gasteiger partial charge in [-0.25, -0.2) is 0 Å². The summed E-state index contributed by atoms with van der Waals surface area (Å²) < 4.78 is 4.39. The molecule has 0 N–H and O–H groups in total. The lowest BCUT2D eigenvalue weighted by Crippen LogP contribution is -1.88. The molecule has 1 rings (SSSR count). The fraction of sp³-hybridized carbons (Fsp3) is 0.364. The first-order valence-corrected chi connectivity index (χ1v) is 4.47. The summed E-state index contributed by atoms with van der Waals surface area (Å²) in [6.07, 6.45) is 2.05. The second-order valence-electron chi connectivity index (χ2n) is 2.48. The molecule has 0 saturated carbocycles. The molecule has 2 heteroatoms. The molecule has 0 bridgehead atoms. The Hall–Kier alpha value is -1.31. The number of ether oxygens (including phenoxy) is 1. The van der Waals surface area contributed by atoms with Gasteiger partial charge < -0.3 is 4.74 Å². The fourth-order valence-electron chi connectivity index (χ4n) is 0.661. The van der Waals surface area contributed by atoms with Gasteiger partial charge >= 0.3 is 0 Å². The predicted molar refractivity (Wildman–Crippen MR) is 53.4 cm³/mol. The van der Waals surface area contributed by atoms with Crippen LogP contribution in [0.15, 0.2) is 36.4 Å². The number of unbranched alkanes of at least 4 members (excludes halogenated alkanes) is 1. The van der Waals surface area contributed by atoms with E-state index in [0.717, 1.165) is 12.8 Å². The highest BCUT2D eigenvalue weighted by Gasteiger charge is 1.78. The smallest absolute Gasteiger partial charge is 0.293 e. The highest BCUT2D eigenvalue weighted by Crippen LogP contribution is 1.83. The first-order chi connectivity index (χ1) is 6.41. The lowest BCUT2D eigenvalue weighted by Gasteiger charge is -1.90. The molecular formula is C11H16O2. The van der Waals surface area contributed by atoms with E-state index in [0.29, 0.717) is 13.1 Å². The standard InChI is InChI=1S/C6H6.C5H10O2/c1-2-4-6-5-3-1;1-2-3-4-7-5-6/h1-6H;5H,2-4H2,1H3. The van der Waals surface area contributed by atoms with Crippen LogP contribution in [0.2, 0.25) is 0 Å². The number of benzene rings is 1. The first-order valence-electron chi connectivity index (χ1n) is 4.47. The lowest BCUT2D eigenvalue weighted by atomic mass is 10.4. The molecule has 0 amide bonds. The largest absolute Gasteiger partial charge is 0.468 e. The normalized spacial score (nSPS) is 8.08. The molecule has 0 atom stereocenters. The summed E-state index contributed by atoms with van der Waals surface area (Å²) in [5, 5.41) is 0. The molecule has 0 aliphatic heterocycles. The average Bonchev–Trinajstić information content (AvgIpc) is 2.22. The van der Waals surface area contributed by atoms with Gasteiger partial charge in [-0.05, 0) is 6.42 Å². The molecule has 2 nitrogen and oxygen atoms in total. The van der Waals surface area contributed by atoms with Gasteiger partial charge in [-0.3, -0.25) is 4.79 Å². The Morgan fingerprint density at radius 3 is 1.85 bits per heavy atom. The predicted octanol–water partition coefficient (Wildman–Crippen LogP) is 2.65. The van der Waals surface area contributed by atoms with Gasteiger partial charge in [-0.2, -0.15) is 0 Å². The molecular weight excluding hydrogens is 164 g/mol. The minimum atomic E-state index is 0.482. The quantitative estimate of drug-likeness (QED) is 0.526. The molecule has 0 aromatic heterocycles. The van der Waals surface area contributed by atoms with Crippen molar-refractivity contribution in [2.45, 2.75) is 19.8 Å². The zero-order valence-corrected chi connectivity index (χ0v) is 7.98. The number of hydrogen-bond donors (Lipinski definition) is 0. The van der Waals surface area contributed by atoms with Crippen molar-refractivity contribution in [2.75, 3.05) is 6.61 Å². The molecule has 13 heavy (non-hydrogen) atoms. The van der Waals surface area contributed by atoms with E-state index in [1.54, 1.807) is 0 Å². The lowest BCUT2D eigenvalue weighted by molar-refractivity contribution is -0.128. The highest BCUT2D eigenvalue weighted by atomic mass is 16.5. The Balaban J connectivity index is 0.000000223. The van der Waals surface area contributed by atoms with Crippen LogP contribution in [0.25, 0.3) is 0 Å². The van der Waals surface area contributed by atoms with Gasteiger partial charge in [0.25, 0.3) is 6.47 Å². The summed E-state index contributed by atoms with van der Waals surface area (Å²) in [7, 11) is 0. The van der Waals surface area contributed by atoms with Crippen molar-refractivity contribution in [3.63, 3.8) is 0 Å². The third kappa shape index (κ3) is 10.7. The third-order valence-electron chi connectivity index (χ3n) is 1.35. The Kier molecular flexibility index (Phi) is 9.61. The Morgan fingerprint density at radius 2 is 1.54 bits per heavy atom. The van der Waals surface area contributed by atoms with Gasteiger partial charge in [-0.1, -0.05) is 49.7 Å². The van der Waals surface area contributed by atoms with Crippen molar-refractivity contribution < 1.29 is 9.53 Å². The van der Waals surface area contributed by atoms with Crippen molar-refractivity contribution in [3.8, 4) is 0 Å². The zero-order chi connectivity index (χ0) is 9.78. The van der Waals surface area contributed by atoms with Crippen LogP contribution in [0.4, 0.5) is 0 Å². The van der Waals surface area contributed by atoms with Gasteiger partial charge in [0.15, 0.2) is 0 Å². The second-order valence-corrected chi connectivity index (χ2v) is 2.48. The zero-order valence-electron chi connectivity index (χ0n) is 7.98. The van der Waals surface area contributed by atoms with E-state index >= 15 is 0 Å². The van der Waals surface area contributed by atoms with Crippen LogP contribution in [-0.4, -0.2) is 13.1 Å². The Bertz CT molecular complexity index is 158. The molecule has 1 aromatic carbocycles. The van der Waals surface area contributed by atoms with Gasteiger partial charge in [0.1, 0.15) is 0 Å². The first kappa shape index (κ1) is 11.7. The van der Waals surface area contributed by atoms with Gasteiger partial charge in [0.2, 0.25) is 0 Å². The summed E-state index contributed by atoms with van der Waals surface area (Å²) in [5.74, 6) is 0. The molecule has 0 spiro atoms. The van der Waals surface area contributed by atoms with Crippen molar-refractivity contribution in [1.29, 1.82) is 0 Å². The van der Waals surface area contributed by atoms with Crippen LogP contribution >= 0.6 is 0 Å². The summed E-state index contributed by atoms with van der Waals surface area (Å²) >= 11 is 0. The molecule has 72 valence electrons. The molecule has 0 saturated heterocycles. The minimum absolute atomic E-state index is 0.482. The Labute approximate surface area is 79.5 Å². The summed E-state index contributed by atoms with van der Waals surface area (Å²) in [5.41, 5.74) is 0. The highest BCUT2D eigenvalue weighted by molar-refractivity contribution is 5.36. The minimum Gasteiger partial charge on any atom is -0.468 e. The van der Waals surface area contributed by atoms with Crippen molar-refractivity contribution in [1.82, 2.24) is 0 Å². The maximum absolute atomic E-state index is 9.46. The third-order valence-corrected chi connectivity index (χ3v) is 1.35. The molecule has 1 aromatic rings. The topological polar surface area (TPSA) is 26.3 Å². The van der Waals surface area contributed by atoms with Crippen LogP contribution < -0.4 is 0 Å². The summed E-state index contributed by atoms with van der Waals surface area (Å²) in [6.45, 7) is 3.10. The van der Waals surface area contributed by atoms with Gasteiger partial charge in [0.05, 0.1) is 6.61 Å². The maximum atomic E-state index is 9.46. The molecule has 0 fully saturated rings. The SMILES string of the molecule is CCCCOC=O.c1ccccc1. The maximum Gasteiger partial charge on any atom is 0.293 e. The van der Waals surface area contributed by atoms with Crippen LogP contribution in [0.3, 0.4) is 0 Å². The number of rotatable bonds is 4. The van der Waals surface area contributed by atoms with E-state index < -0.39 is 0 Å². The van der Waals surface area contributed by atoms with E-state index in [-0.39, 0.29) is 0 Å². The number of carbonyl (C=O) groups is 1. The molecule has 0 radical (unpaired) electrons. The summed E-state index contributed by atoms with van der Waals surface area (Å²) in [4.78, 5) is 9.46. The molecule has 0 heterocycles. The van der Waals surface area contributed by atoms with E-state index in [2.05, 4.69) is 4.74 Å². The number of carbonyl (C=O) groups excluding carboxylic acids is 1. The van der Waals surface area contributed by atoms with Crippen molar-refractivity contribution in [3.05, 3.63) is 36.4 Å². The van der Waals surface area contributed by atoms with Crippen LogP contribution in [0.1, 0.15) is 19.8 Å². The van der Waals surface area contributed by atoms with E-state index in [4.69, 9.17) is 0 Å². The molecule has 0 aliphatic rings.